The highest BCUT2D eigenvalue weighted by atomic mass is 32.2. The third-order valence-corrected chi connectivity index (χ3v) is 6.15. The molecule has 0 radical (unpaired) electrons. The Morgan fingerprint density at radius 1 is 1.08 bits per heavy atom. The van der Waals surface area contributed by atoms with Crippen molar-refractivity contribution in [2.24, 2.45) is 0 Å². The molecule has 1 aromatic carbocycles. The molecule has 1 N–H and O–H groups in total. The van der Waals surface area contributed by atoms with Crippen LogP contribution >= 0.6 is 11.8 Å². The van der Waals surface area contributed by atoms with Gasteiger partial charge in [-0.15, -0.1) is 0 Å². The summed E-state index contributed by atoms with van der Waals surface area (Å²) >= 11 is 2.04. The number of hydrogen-bond donors (Lipinski definition) is 1. The van der Waals surface area contributed by atoms with E-state index in [1.54, 1.807) is 0 Å². The number of hydrogen-bond acceptors (Lipinski definition) is 4. The van der Waals surface area contributed by atoms with Crippen LogP contribution in [0.5, 0.6) is 0 Å². The predicted octanol–water partition coefficient (Wildman–Crippen LogP) is 2.95. The monoisotopic (exact) mass is 342 g/mol. The molecule has 2 aromatic rings. The second-order valence-corrected chi connectivity index (χ2v) is 7.80. The quantitative estimate of drug-likeness (QED) is 0.906. The van der Waals surface area contributed by atoms with Crippen LogP contribution in [0.4, 0.5) is 5.69 Å². The fourth-order valence-corrected chi connectivity index (χ4v) is 4.75. The van der Waals surface area contributed by atoms with Gasteiger partial charge in [0.1, 0.15) is 0 Å². The number of nitrogens with zero attached hydrogens (tertiary/aromatic N) is 3. The van der Waals surface area contributed by atoms with Gasteiger partial charge in [-0.3, -0.25) is 10.00 Å². The van der Waals surface area contributed by atoms with Crippen LogP contribution in [0.25, 0.3) is 0 Å². The molecule has 128 valence electrons. The van der Waals surface area contributed by atoms with E-state index in [1.165, 1.54) is 54.4 Å². The minimum atomic E-state index is 1.14. The van der Waals surface area contributed by atoms with Gasteiger partial charge in [-0.1, -0.05) is 18.2 Å². The highest BCUT2D eigenvalue weighted by molar-refractivity contribution is 7.98. The topological polar surface area (TPSA) is 35.2 Å². The van der Waals surface area contributed by atoms with Crippen LogP contribution < -0.4 is 4.90 Å². The second-order valence-electron chi connectivity index (χ2n) is 6.70. The van der Waals surface area contributed by atoms with Gasteiger partial charge < -0.3 is 4.90 Å². The van der Waals surface area contributed by atoms with Crippen LogP contribution in [0.2, 0.25) is 0 Å². The van der Waals surface area contributed by atoms with Crippen molar-refractivity contribution >= 4 is 17.4 Å². The van der Waals surface area contributed by atoms with Crippen molar-refractivity contribution < 1.29 is 0 Å². The molecule has 0 amide bonds. The molecule has 0 spiro atoms. The lowest BCUT2D eigenvalue weighted by atomic mass is 10.1. The van der Waals surface area contributed by atoms with E-state index in [2.05, 4.69) is 50.3 Å². The standard InChI is InChI=1S/C19H26N4S/c1-2-5-16(6-3-1)23-12-10-22(11-13-23)9-4-7-18-17-15-24-14-8-19(17)21-20-18/h1-3,5-6H,4,7-15H2,(H,20,21). The largest absolute Gasteiger partial charge is 0.369 e. The first-order valence-corrected chi connectivity index (χ1v) is 10.2. The number of benzene rings is 1. The number of H-pyrrole nitrogens is 1. The van der Waals surface area contributed by atoms with E-state index < -0.39 is 0 Å². The molecule has 0 aliphatic carbocycles. The van der Waals surface area contributed by atoms with Crippen molar-refractivity contribution in [2.75, 3.05) is 43.4 Å². The summed E-state index contributed by atoms with van der Waals surface area (Å²) < 4.78 is 0. The van der Waals surface area contributed by atoms with Crippen LogP contribution in [0.3, 0.4) is 0 Å². The Balaban J connectivity index is 1.23. The fourth-order valence-electron chi connectivity index (χ4n) is 3.72. The van der Waals surface area contributed by atoms with E-state index in [4.69, 9.17) is 0 Å². The van der Waals surface area contributed by atoms with Crippen LogP contribution in [0.1, 0.15) is 23.4 Å². The SMILES string of the molecule is c1ccc(N2CCN(CCCc3[nH]nc4c3CSCC4)CC2)cc1. The number of anilines is 1. The minimum absolute atomic E-state index is 1.14. The molecular weight excluding hydrogens is 316 g/mol. The average molecular weight is 343 g/mol. The van der Waals surface area contributed by atoms with Gasteiger partial charge in [-0.25, -0.2) is 0 Å². The van der Waals surface area contributed by atoms with Crippen LogP contribution in [-0.4, -0.2) is 53.6 Å². The number of para-hydroxylation sites is 1. The number of rotatable bonds is 5. The second kappa shape index (κ2) is 7.62. The zero-order valence-electron chi connectivity index (χ0n) is 14.2. The number of aryl methyl sites for hydroxylation is 2. The van der Waals surface area contributed by atoms with E-state index in [-0.39, 0.29) is 0 Å². The lowest BCUT2D eigenvalue weighted by molar-refractivity contribution is 0.255. The average Bonchev–Trinajstić information content (AvgIpc) is 3.06. The molecule has 4 nitrogen and oxygen atoms in total. The van der Waals surface area contributed by atoms with Crippen LogP contribution in [0.15, 0.2) is 30.3 Å². The van der Waals surface area contributed by atoms with E-state index in [0.717, 1.165) is 31.7 Å². The fraction of sp³-hybridized carbons (Fsp3) is 0.526. The van der Waals surface area contributed by atoms with Crippen molar-refractivity contribution in [3.05, 3.63) is 47.3 Å². The highest BCUT2D eigenvalue weighted by Gasteiger charge is 2.19. The lowest BCUT2D eigenvalue weighted by Crippen LogP contribution is -2.46. The molecule has 2 aliphatic heterocycles. The Labute approximate surface area is 148 Å². The summed E-state index contributed by atoms with van der Waals surface area (Å²) in [6.45, 7) is 5.82. The summed E-state index contributed by atoms with van der Waals surface area (Å²) in [7, 11) is 0. The molecule has 0 bridgehead atoms. The first kappa shape index (κ1) is 16.0. The number of aromatic nitrogens is 2. The van der Waals surface area contributed by atoms with Gasteiger partial charge in [0.05, 0.1) is 5.69 Å². The third kappa shape index (κ3) is 3.62. The first-order valence-electron chi connectivity index (χ1n) is 9.05. The summed E-state index contributed by atoms with van der Waals surface area (Å²) in [5.74, 6) is 2.37. The predicted molar refractivity (Wildman–Crippen MR) is 102 cm³/mol. The molecule has 24 heavy (non-hydrogen) atoms. The number of nitrogens with one attached hydrogen (secondary N) is 1. The molecule has 2 aliphatic rings. The number of aromatic amines is 1. The van der Waals surface area contributed by atoms with Gasteiger partial charge in [0.2, 0.25) is 0 Å². The Morgan fingerprint density at radius 3 is 2.75 bits per heavy atom. The van der Waals surface area contributed by atoms with Gasteiger partial charge >= 0.3 is 0 Å². The van der Waals surface area contributed by atoms with Gasteiger partial charge in [0.25, 0.3) is 0 Å². The Kier molecular flexibility index (Phi) is 5.09. The molecule has 3 heterocycles. The van der Waals surface area contributed by atoms with Crippen molar-refractivity contribution in [3.8, 4) is 0 Å². The van der Waals surface area contributed by atoms with Crippen LogP contribution in [-0.2, 0) is 18.6 Å². The van der Waals surface area contributed by atoms with Crippen molar-refractivity contribution in [1.29, 1.82) is 0 Å². The van der Waals surface area contributed by atoms with Gasteiger partial charge in [0, 0.05) is 55.3 Å². The zero-order valence-corrected chi connectivity index (χ0v) is 15.0. The van der Waals surface area contributed by atoms with Crippen molar-refractivity contribution in [3.63, 3.8) is 0 Å². The summed E-state index contributed by atoms with van der Waals surface area (Å²) in [6, 6.07) is 10.8. The highest BCUT2D eigenvalue weighted by Crippen LogP contribution is 2.26. The van der Waals surface area contributed by atoms with E-state index in [9.17, 15) is 0 Å². The van der Waals surface area contributed by atoms with Gasteiger partial charge in [-0.05, 0) is 37.3 Å². The normalized spacial score (nSPS) is 18.6. The number of piperazine rings is 1. The summed E-state index contributed by atoms with van der Waals surface area (Å²) in [6.07, 6.45) is 3.50. The van der Waals surface area contributed by atoms with Gasteiger partial charge in [-0.2, -0.15) is 16.9 Å². The minimum Gasteiger partial charge on any atom is -0.369 e. The summed E-state index contributed by atoms with van der Waals surface area (Å²) in [4.78, 5) is 5.11. The van der Waals surface area contributed by atoms with E-state index in [0.29, 0.717) is 0 Å². The van der Waals surface area contributed by atoms with Gasteiger partial charge in [0.15, 0.2) is 0 Å². The molecule has 0 atom stereocenters. The van der Waals surface area contributed by atoms with Crippen molar-refractivity contribution in [2.45, 2.75) is 25.0 Å². The molecule has 4 rings (SSSR count). The lowest BCUT2D eigenvalue weighted by Gasteiger charge is -2.36. The van der Waals surface area contributed by atoms with E-state index in [1.807, 2.05) is 11.8 Å². The molecular formula is C19H26N4S. The Hall–Kier alpha value is -1.46. The maximum Gasteiger partial charge on any atom is 0.0673 e. The Morgan fingerprint density at radius 2 is 1.92 bits per heavy atom. The number of fused-ring (bicyclic) bond motifs is 1. The molecule has 1 fully saturated rings. The summed E-state index contributed by atoms with van der Waals surface area (Å²) in [5.41, 5.74) is 5.57. The molecule has 5 heteroatoms. The Bertz CT molecular complexity index is 647. The smallest absolute Gasteiger partial charge is 0.0673 e. The molecule has 1 aromatic heterocycles. The number of thioether (sulfide) groups is 1. The van der Waals surface area contributed by atoms with Crippen molar-refractivity contribution in [1.82, 2.24) is 15.1 Å². The van der Waals surface area contributed by atoms with Crippen LogP contribution in [0, 0.1) is 0 Å². The zero-order chi connectivity index (χ0) is 16.2. The summed E-state index contributed by atoms with van der Waals surface area (Å²) in [5, 5.41) is 7.80. The molecule has 0 unspecified atom stereocenters. The molecule has 0 saturated carbocycles. The molecule has 1 saturated heterocycles. The maximum absolute atomic E-state index is 4.51. The van der Waals surface area contributed by atoms with E-state index >= 15 is 0 Å². The first-order chi connectivity index (χ1) is 11.9. The third-order valence-electron chi connectivity index (χ3n) is 5.16. The maximum atomic E-state index is 4.51.